The molecule has 0 radical (unpaired) electrons. The second kappa shape index (κ2) is 7.86. The van der Waals surface area contributed by atoms with Gasteiger partial charge >= 0.3 is 6.18 Å². The molecule has 0 N–H and O–H groups in total. The molecule has 0 amide bonds. The molecule has 24 heavy (non-hydrogen) atoms. The third-order valence-electron chi connectivity index (χ3n) is 5.13. The summed E-state index contributed by atoms with van der Waals surface area (Å²) in [4.78, 5) is 0. The van der Waals surface area contributed by atoms with E-state index < -0.39 is 30.0 Å². The molecular weight excluding hydrogens is 365 g/mol. The number of benzene rings is 1. The molecular formula is C16H27F3O2Si3. The molecule has 2 nitrogen and oxygen atoms in total. The quantitative estimate of drug-likeness (QED) is 0.737. The molecule has 4 unspecified atom stereocenters. The minimum absolute atomic E-state index is 0.215. The Bertz CT molecular complexity index is 538. The van der Waals surface area contributed by atoms with Crippen LogP contribution < -0.4 is 5.19 Å². The van der Waals surface area contributed by atoms with Gasteiger partial charge in [0.1, 0.15) is 10.5 Å². The van der Waals surface area contributed by atoms with Crippen LogP contribution in [0.2, 0.25) is 25.2 Å². The lowest BCUT2D eigenvalue weighted by Crippen LogP contribution is -2.55. The number of hydrogen-bond acceptors (Lipinski definition) is 2. The van der Waals surface area contributed by atoms with Crippen molar-refractivity contribution >= 4 is 33.0 Å². The Hall–Kier alpha value is -0.419. The van der Waals surface area contributed by atoms with Crippen molar-refractivity contribution in [3.8, 4) is 0 Å². The van der Waals surface area contributed by atoms with Gasteiger partial charge < -0.3 is 8.54 Å². The normalized spacial score (nSPS) is 29.6. The Morgan fingerprint density at radius 1 is 1.33 bits per heavy atom. The summed E-state index contributed by atoms with van der Waals surface area (Å²) in [5.74, 6) is 0.643. The lowest BCUT2D eigenvalue weighted by molar-refractivity contribution is -0.130. The standard InChI is InChI=1S/C12H16OSi.C4H11F3OSi2/c1-9-12-7-8-14(2,13-9)11-5-3-10(12)4-6-11;1-10(8-9)3-2-4(5,6)7/h3-6,9,12H,7-8H2,1-2H3;10H,2-3H2,1,9H3. The molecule has 4 bridgehead atoms. The van der Waals surface area contributed by atoms with E-state index in [0.717, 1.165) is 0 Å². The van der Waals surface area contributed by atoms with Gasteiger partial charge in [0, 0.05) is 18.4 Å². The zero-order valence-electron chi connectivity index (χ0n) is 14.8. The van der Waals surface area contributed by atoms with Crippen LogP contribution in [0.3, 0.4) is 0 Å². The van der Waals surface area contributed by atoms with Gasteiger partial charge in [0.05, 0.1) is 0 Å². The second-order valence-corrected chi connectivity index (χ2v) is 14.9. The monoisotopic (exact) mass is 392 g/mol. The molecule has 1 fully saturated rings. The minimum Gasteiger partial charge on any atom is -0.466 e. The van der Waals surface area contributed by atoms with Crippen molar-refractivity contribution in [2.75, 3.05) is 0 Å². The molecule has 1 aromatic rings. The van der Waals surface area contributed by atoms with E-state index in [1.165, 1.54) is 23.2 Å². The van der Waals surface area contributed by atoms with E-state index >= 15 is 0 Å². The maximum atomic E-state index is 11.5. The molecule has 5 heterocycles. The van der Waals surface area contributed by atoms with Crippen LogP contribution in [0.1, 0.15) is 31.2 Å². The number of halogens is 3. The molecule has 0 saturated carbocycles. The summed E-state index contributed by atoms with van der Waals surface area (Å²) < 4.78 is 45.8. The van der Waals surface area contributed by atoms with Gasteiger partial charge in [-0.25, -0.2) is 0 Å². The highest BCUT2D eigenvalue weighted by molar-refractivity contribution is 6.85. The lowest BCUT2D eigenvalue weighted by atomic mass is 9.91. The fourth-order valence-electron chi connectivity index (χ4n) is 3.43. The summed E-state index contributed by atoms with van der Waals surface area (Å²) in [6.07, 6.45) is -2.92. The van der Waals surface area contributed by atoms with E-state index in [-0.39, 0.29) is 6.04 Å². The van der Waals surface area contributed by atoms with E-state index in [1.54, 1.807) is 6.55 Å². The van der Waals surface area contributed by atoms with E-state index in [1.807, 2.05) is 0 Å². The predicted molar refractivity (Wildman–Crippen MR) is 99.9 cm³/mol. The Morgan fingerprint density at radius 3 is 2.46 bits per heavy atom. The van der Waals surface area contributed by atoms with Crippen LogP contribution in [0.4, 0.5) is 13.2 Å². The molecule has 4 atom stereocenters. The summed E-state index contributed by atoms with van der Waals surface area (Å²) in [5, 5.41) is 1.48. The van der Waals surface area contributed by atoms with Gasteiger partial charge in [-0.3, -0.25) is 0 Å². The molecule has 8 heteroatoms. The summed E-state index contributed by atoms with van der Waals surface area (Å²) in [7, 11) is -2.42. The van der Waals surface area contributed by atoms with Gasteiger partial charge in [0.15, 0.2) is 9.04 Å². The molecule has 1 aromatic carbocycles. The van der Waals surface area contributed by atoms with E-state index in [0.29, 0.717) is 22.5 Å². The van der Waals surface area contributed by atoms with Crippen LogP contribution in [0.15, 0.2) is 24.3 Å². The van der Waals surface area contributed by atoms with E-state index in [2.05, 4.69) is 37.7 Å². The van der Waals surface area contributed by atoms with Crippen LogP contribution >= 0.6 is 0 Å². The fraction of sp³-hybridized carbons (Fsp3) is 0.625. The van der Waals surface area contributed by atoms with Crippen molar-refractivity contribution < 1.29 is 21.7 Å². The molecule has 1 saturated heterocycles. The summed E-state index contributed by atoms with van der Waals surface area (Å²) in [6.45, 7) is 6.39. The second-order valence-electron chi connectivity index (χ2n) is 7.02. The molecule has 5 aliphatic heterocycles. The van der Waals surface area contributed by atoms with Crippen molar-refractivity contribution in [2.24, 2.45) is 0 Å². The highest BCUT2D eigenvalue weighted by atomic mass is 28.4. The third-order valence-corrected chi connectivity index (χ3v) is 13.1. The average Bonchev–Trinajstić information content (AvgIpc) is 2.51. The number of alkyl halides is 3. The fourth-order valence-corrected chi connectivity index (χ4v) is 8.37. The van der Waals surface area contributed by atoms with E-state index in [9.17, 15) is 13.2 Å². The first-order chi connectivity index (χ1) is 11.1. The van der Waals surface area contributed by atoms with Gasteiger partial charge in [0.2, 0.25) is 8.32 Å². The molecule has 0 aromatic heterocycles. The van der Waals surface area contributed by atoms with Crippen LogP contribution in [0.5, 0.6) is 0 Å². The first-order valence-corrected chi connectivity index (χ1v) is 14.4. The first-order valence-electron chi connectivity index (χ1n) is 8.52. The van der Waals surface area contributed by atoms with Gasteiger partial charge in [-0.05, 0) is 49.3 Å². The van der Waals surface area contributed by atoms with Gasteiger partial charge in [-0.2, -0.15) is 13.2 Å². The molecule has 0 aliphatic carbocycles. The van der Waals surface area contributed by atoms with Crippen LogP contribution in [0, 0.1) is 0 Å². The van der Waals surface area contributed by atoms with Crippen molar-refractivity contribution in [1.29, 1.82) is 0 Å². The summed E-state index contributed by atoms with van der Waals surface area (Å²) in [6, 6.07) is 10.7. The average molecular weight is 393 g/mol. The van der Waals surface area contributed by atoms with E-state index in [4.69, 9.17) is 8.54 Å². The number of hydrogen-bond donors (Lipinski definition) is 0. The molecule has 136 valence electrons. The topological polar surface area (TPSA) is 18.5 Å². The maximum Gasteiger partial charge on any atom is 0.388 e. The van der Waals surface area contributed by atoms with Crippen LogP contribution in [0.25, 0.3) is 0 Å². The SMILES string of the molecule is CC1O[Si]2(C)CCC1c1ccc2cc1.C[SiH](CCC(F)(F)F)O[SiH3]. The zero-order valence-corrected chi connectivity index (χ0v) is 19.0. The van der Waals surface area contributed by atoms with Gasteiger partial charge in [-0.1, -0.05) is 24.3 Å². The van der Waals surface area contributed by atoms with Gasteiger partial charge in [0.25, 0.3) is 0 Å². The lowest BCUT2D eigenvalue weighted by Gasteiger charge is -2.43. The molecule has 6 rings (SSSR count). The van der Waals surface area contributed by atoms with Gasteiger partial charge in [-0.15, -0.1) is 0 Å². The van der Waals surface area contributed by atoms with Crippen LogP contribution in [-0.2, 0) is 8.54 Å². The zero-order chi connectivity index (χ0) is 18.0. The predicted octanol–water partition coefficient (Wildman–Crippen LogP) is 2.96. The molecule has 0 spiro atoms. The Morgan fingerprint density at radius 2 is 1.96 bits per heavy atom. The third kappa shape index (κ3) is 5.04. The summed E-state index contributed by atoms with van der Waals surface area (Å²) >= 11 is 0. The first kappa shape index (κ1) is 19.9. The minimum atomic E-state index is -4.00. The summed E-state index contributed by atoms with van der Waals surface area (Å²) in [5.41, 5.74) is 1.47. The Kier molecular flexibility index (Phi) is 6.52. The number of rotatable bonds is 3. The van der Waals surface area contributed by atoms with Crippen molar-refractivity contribution in [3.63, 3.8) is 0 Å². The smallest absolute Gasteiger partial charge is 0.388 e. The van der Waals surface area contributed by atoms with Crippen LogP contribution in [-0.4, -0.2) is 40.1 Å². The Labute approximate surface area is 148 Å². The highest BCUT2D eigenvalue weighted by Gasteiger charge is 2.42. The van der Waals surface area contributed by atoms with Crippen molar-refractivity contribution in [2.45, 2.75) is 63.1 Å². The van der Waals surface area contributed by atoms with Crippen molar-refractivity contribution in [1.82, 2.24) is 0 Å². The molecule has 5 aliphatic rings. The van der Waals surface area contributed by atoms with Crippen molar-refractivity contribution in [3.05, 3.63) is 29.8 Å². The largest absolute Gasteiger partial charge is 0.466 e. The maximum absolute atomic E-state index is 11.5. The highest BCUT2D eigenvalue weighted by Crippen LogP contribution is 2.38. The Balaban J connectivity index is 0.000000187.